The van der Waals surface area contributed by atoms with Crippen LogP contribution in [0.4, 0.5) is 0 Å². The molecule has 0 radical (unpaired) electrons. The molecule has 0 saturated heterocycles. The van der Waals surface area contributed by atoms with E-state index in [1.807, 2.05) is 22.9 Å². The Morgan fingerprint density at radius 1 is 1.30 bits per heavy atom. The largest absolute Gasteiger partial charge is 0.496 e. The molecule has 0 aliphatic rings. The van der Waals surface area contributed by atoms with Crippen LogP contribution in [0.1, 0.15) is 18.3 Å². The second-order valence-corrected chi connectivity index (χ2v) is 5.04. The van der Waals surface area contributed by atoms with Crippen molar-refractivity contribution in [3.8, 4) is 5.75 Å². The lowest BCUT2D eigenvalue weighted by molar-refractivity contribution is 0.404. The van der Waals surface area contributed by atoms with Crippen LogP contribution < -0.4 is 4.74 Å². The fraction of sp³-hybridized carbons (Fsp3) is 0.467. The van der Waals surface area contributed by atoms with Gasteiger partial charge in [0.25, 0.3) is 0 Å². The number of hydrogen-bond donors (Lipinski definition) is 0. The molecule has 2 rings (SSSR count). The minimum absolute atomic E-state index is 0.322. The zero-order valence-corrected chi connectivity index (χ0v) is 12.7. The van der Waals surface area contributed by atoms with Crippen molar-refractivity contribution in [1.29, 1.82) is 0 Å². The Morgan fingerprint density at radius 3 is 2.80 bits per heavy atom. The Bertz CT molecular complexity index is 541. The molecule has 4 nitrogen and oxygen atoms in total. The monoisotopic (exact) mass is 293 g/mol. The van der Waals surface area contributed by atoms with E-state index in [2.05, 4.69) is 23.1 Å². The molecule has 5 heteroatoms. The quantitative estimate of drug-likeness (QED) is 0.737. The van der Waals surface area contributed by atoms with Gasteiger partial charge in [0.1, 0.15) is 17.9 Å². The van der Waals surface area contributed by atoms with Gasteiger partial charge >= 0.3 is 0 Å². The zero-order chi connectivity index (χ0) is 14.4. The molecule has 0 saturated carbocycles. The van der Waals surface area contributed by atoms with Gasteiger partial charge in [-0.2, -0.15) is 5.10 Å². The van der Waals surface area contributed by atoms with Gasteiger partial charge in [-0.05, 0) is 30.9 Å². The molecule has 1 atom stereocenters. The molecular formula is C15H20ClN3O. The van der Waals surface area contributed by atoms with Gasteiger partial charge < -0.3 is 4.74 Å². The third-order valence-corrected chi connectivity index (χ3v) is 3.82. The number of hydrogen-bond acceptors (Lipinski definition) is 3. The molecule has 1 aromatic heterocycles. The minimum atomic E-state index is 0.322. The molecule has 0 spiro atoms. The van der Waals surface area contributed by atoms with E-state index in [-0.39, 0.29) is 0 Å². The highest BCUT2D eigenvalue weighted by molar-refractivity contribution is 6.18. The van der Waals surface area contributed by atoms with Crippen LogP contribution in [0.25, 0.3) is 0 Å². The number of aryl methyl sites for hydroxylation is 1. The molecule has 108 valence electrons. The van der Waals surface area contributed by atoms with Gasteiger partial charge in [0.05, 0.1) is 7.11 Å². The van der Waals surface area contributed by atoms with Crippen LogP contribution in [-0.2, 0) is 19.4 Å². The van der Waals surface area contributed by atoms with Gasteiger partial charge in [0.15, 0.2) is 0 Å². The summed E-state index contributed by atoms with van der Waals surface area (Å²) in [6, 6.07) is 8.07. The van der Waals surface area contributed by atoms with Crippen molar-refractivity contribution in [3.63, 3.8) is 0 Å². The van der Waals surface area contributed by atoms with E-state index >= 15 is 0 Å². The molecule has 0 N–H and O–H groups in total. The standard InChI is InChI=1S/C15H20ClN3O/c1-3-19-15(17-11-18-19)9-12(10-16)8-13-6-4-5-7-14(13)20-2/h4-7,11-12H,3,8-10H2,1-2H3. The van der Waals surface area contributed by atoms with Crippen LogP contribution in [0.3, 0.4) is 0 Å². The highest BCUT2D eigenvalue weighted by Crippen LogP contribution is 2.23. The number of benzene rings is 1. The second-order valence-electron chi connectivity index (χ2n) is 4.73. The summed E-state index contributed by atoms with van der Waals surface area (Å²) in [4.78, 5) is 4.32. The highest BCUT2D eigenvalue weighted by Gasteiger charge is 2.15. The Balaban J connectivity index is 2.09. The Hall–Kier alpha value is -1.55. The van der Waals surface area contributed by atoms with E-state index in [4.69, 9.17) is 16.3 Å². The minimum Gasteiger partial charge on any atom is -0.496 e. The van der Waals surface area contributed by atoms with Crippen molar-refractivity contribution < 1.29 is 4.74 Å². The maximum Gasteiger partial charge on any atom is 0.138 e. The van der Waals surface area contributed by atoms with Crippen LogP contribution in [0.2, 0.25) is 0 Å². The van der Waals surface area contributed by atoms with Crippen molar-refractivity contribution in [1.82, 2.24) is 14.8 Å². The SMILES string of the molecule is CCn1ncnc1CC(CCl)Cc1ccccc1OC. The van der Waals surface area contributed by atoms with Gasteiger partial charge in [-0.25, -0.2) is 4.98 Å². The molecule has 0 aliphatic carbocycles. The summed E-state index contributed by atoms with van der Waals surface area (Å²) in [6.45, 7) is 2.90. The Kier molecular flexibility index (Phi) is 5.41. The summed E-state index contributed by atoms with van der Waals surface area (Å²) in [5, 5.41) is 4.20. The lowest BCUT2D eigenvalue weighted by Crippen LogP contribution is -2.15. The van der Waals surface area contributed by atoms with E-state index in [0.29, 0.717) is 11.8 Å². The van der Waals surface area contributed by atoms with E-state index < -0.39 is 0 Å². The summed E-state index contributed by atoms with van der Waals surface area (Å²) in [5.41, 5.74) is 1.18. The number of ether oxygens (including phenoxy) is 1. The van der Waals surface area contributed by atoms with Gasteiger partial charge in [-0.15, -0.1) is 11.6 Å². The molecule has 1 unspecified atom stereocenters. The molecule has 0 fully saturated rings. The van der Waals surface area contributed by atoms with Gasteiger partial charge in [0, 0.05) is 18.8 Å². The summed E-state index contributed by atoms with van der Waals surface area (Å²) in [7, 11) is 1.70. The molecule has 0 bridgehead atoms. The first-order chi connectivity index (χ1) is 9.78. The average Bonchev–Trinajstić information content (AvgIpc) is 2.94. The zero-order valence-electron chi connectivity index (χ0n) is 11.9. The third kappa shape index (κ3) is 3.51. The fourth-order valence-electron chi connectivity index (χ4n) is 2.33. The number of rotatable bonds is 7. The molecular weight excluding hydrogens is 274 g/mol. The summed E-state index contributed by atoms with van der Waals surface area (Å²) < 4.78 is 7.31. The molecule has 1 heterocycles. The Labute approximate surface area is 124 Å². The third-order valence-electron chi connectivity index (χ3n) is 3.39. The molecule has 2 aromatic rings. The van der Waals surface area contributed by atoms with E-state index in [9.17, 15) is 0 Å². The van der Waals surface area contributed by atoms with Crippen LogP contribution in [0.5, 0.6) is 5.75 Å². The number of methoxy groups -OCH3 is 1. The summed E-state index contributed by atoms with van der Waals surface area (Å²) >= 11 is 6.13. The predicted octanol–water partition coefficient (Wildman–Crippen LogP) is 2.95. The summed E-state index contributed by atoms with van der Waals surface area (Å²) in [5.74, 6) is 2.82. The predicted molar refractivity (Wildman–Crippen MR) is 80.3 cm³/mol. The fourth-order valence-corrected chi connectivity index (χ4v) is 2.55. The van der Waals surface area contributed by atoms with Crippen LogP contribution in [0.15, 0.2) is 30.6 Å². The maximum absolute atomic E-state index is 6.13. The number of aromatic nitrogens is 3. The molecule has 0 amide bonds. The van der Waals surface area contributed by atoms with Crippen LogP contribution in [0, 0.1) is 5.92 Å². The molecule has 1 aromatic carbocycles. The van der Waals surface area contributed by atoms with Crippen molar-refractivity contribution in [2.45, 2.75) is 26.3 Å². The molecule has 20 heavy (non-hydrogen) atoms. The average molecular weight is 294 g/mol. The second kappa shape index (κ2) is 7.29. The number of halogens is 1. The van der Waals surface area contributed by atoms with E-state index in [0.717, 1.165) is 31.0 Å². The van der Waals surface area contributed by atoms with E-state index in [1.54, 1.807) is 13.4 Å². The van der Waals surface area contributed by atoms with Crippen LogP contribution in [-0.4, -0.2) is 27.8 Å². The topological polar surface area (TPSA) is 39.9 Å². The first kappa shape index (κ1) is 14.9. The van der Waals surface area contributed by atoms with Crippen LogP contribution >= 0.6 is 11.6 Å². The maximum atomic E-state index is 6.13. The van der Waals surface area contributed by atoms with Gasteiger partial charge in [0.2, 0.25) is 0 Å². The smallest absolute Gasteiger partial charge is 0.138 e. The number of nitrogens with zero attached hydrogens (tertiary/aromatic N) is 3. The van der Waals surface area contributed by atoms with Crippen molar-refractivity contribution in [2.75, 3.05) is 13.0 Å². The highest BCUT2D eigenvalue weighted by atomic mass is 35.5. The lowest BCUT2D eigenvalue weighted by Gasteiger charge is -2.15. The van der Waals surface area contributed by atoms with Crippen molar-refractivity contribution in [3.05, 3.63) is 42.0 Å². The molecule has 0 aliphatic heterocycles. The van der Waals surface area contributed by atoms with Gasteiger partial charge in [-0.3, -0.25) is 4.68 Å². The Morgan fingerprint density at radius 2 is 2.10 bits per heavy atom. The number of alkyl halides is 1. The first-order valence-electron chi connectivity index (χ1n) is 6.83. The van der Waals surface area contributed by atoms with Gasteiger partial charge in [-0.1, -0.05) is 18.2 Å². The number of para-hydroxylation sites is 1. The van der Waals surface area contributed by atoms with E-state index in [1.165, 1.54) is 5.56 Å². The van der Waals surface area contributed by atoms with Crippen molar-refractivity contribution >= 4 is 11.6 Å². The van der Waals surface area contributed by atoms with Crippen molar-refractivity contribution in [2.24, 2.45) is 5.92 Å². The lowest BCUT2D eigenvalue weighted by atomic mass is 9.97. The first-order valence-corrected chi connectivity index (χ1v) is 7.36. The summed E-state index contributed by atoms with van der Waals surface area (Å²) in [6.07, 6.45) is 3.31. The normalized spacial score (nSPS) is 12.3.